The summed E-state index contributed by atoms with van der Waals surface area (Å²) in [5.41, 5.74) is -0.351. The average Bonchev–Trinajstić information content (AvgIpc) is 3.06. The monoisotopic (exact) mass is 264 g/mol. The summed E-state index contributed by atoms with van der Waals surface area (Å²) in [7, 11) is 1.93. The molecule has 1 aliphatic carbocycles. The fourth-order valence-corrected chi connectivity index (χ4v) is 2.80. The molecular formula is C13H20N4S. The predicted molar refractivity (Wildman–Crippen MR) is 73.3 cm³/mol. The number of nitrogens with one attached hydrogen (secondary N) is 1. The van der Waals surface area contributed by atoms with E-state index in [1.807, 2.05) is 31.0 Å². The zero-order valence-corrected chi connectivity index (χ0v) is 11.8. The van der Waals surface area contributed by atoms with Crippen LogP contribution in [-0.2, 0) is 7.05 Å². The van der Waals surface area contributed by atoms with E-state index in [1.165, 1.54) is 17.7 Å². The highest BCUT2D eigenvalue weighted by Gasteiger charge is 2.31. The Bertz CT molecular complexity index is 432. The molecule has 0 amide bonds. The van der Waals surface area contributed by atoms with E-state index < -0.39 is 0 Å². The van der Waals surface area contributed by atoms with Crippen LogP contribution in [0.3, 0.4) is 0 Å². The molecule has 18 heavy (non-hydrogen) atoms. The van der Waals surface area contributed by atoms with Crippen molar-refractivity contribution in [3.05, 3.63) is 12.4 Å². The van der Waals surface area contributed by atoms with E-state index in [4.69, 9.17) is 0 Å². The van der Waals surface area contributed by atoms with Crippen molar-refractivity contribution < 1.29 is 0 Å². The minimum atomic E-state index is -0.351. The Kier molecular flexibility index (Phi) is 4.31. The minimum absolute atomic E-state index is 0.351. The lowest BCUT2D eigenvalue weighted by molar-refractivity contribution is 0.412. The Labute approximate surface area is 113 Å². The smallest absolute Gasteiger partial charge is 0.104 e. The van der Waals surface area contributed by atoms with E-state index in [-0.39, 0.29) is 5.54 Å². The molecule has 2 rings (SSSR count). The molecule has 1 unspecified atom stereocenters. The number of thioether (sulfide) groups is 1. The molecule has 1 saturated carbocycles. The van der Waals surface area contributed by atoms with Crippen molar-refractivity contribution in [3.8, 4) is 6.07 Å². The molecule has 1 aromatic heterocycles. The molecule has 0 aromatic carbocycles. The number of aromatic nitrogens is 2. The van der Waals surface area contributed by atoms with Gasteiger partial charge >= 0.3 is 0 Å². The Morgan fingerprint density at radius 1 is 1.67 bits per heavy atom. The normalized spacial score (nSPS) is 18.3. The largest absolute Gasteiger partial charge is 0.297 e. The van der Waals surface area contributed by atoms with E-state index in [1.54, 1.807) is 11.8 Å². The molecule has 0 radical (unpaired) electrons. The molecule has 0 aliphatic heterocycles. The maximum absolute atomic E-state index is 9.25. The molecule has 0 spiro atoms. The van der Waals surface area contributed by atoms with Crippen LogP contribution in [0.5, 0.6) is 0 Å². The first kappa shape index (κ1) is 13.4. The fourth-order valence-electron chi connectivity index (χ4n) is 1.93. The van der Waals surface area contributed by atoms with Gasteiger partial charge in [-0.15, -0.1) is 11.8 Å². The molecule has 0 bridgehead atoms. The quantitative estimate of drug-likeness (QED) is 0.606. The molecule has 1 aliphatic rings. The standard InChI is InChI=1S/C13H20N4S/c1-13(10-14,16-11-4-5-11)6-3-7-18-12-8-15-17(2)9-12/h8-9,11,16H,3-7H2,1-2H3. The molecule has 1 N–H and O–H groups in total. The van der Waals surface area contributed by atoms with Gasteiger partial charge in [0.2, 0.25) is 0 Å². The van der Waals surface area contributed by atoms with Crippen LogP contribution in [0.4, 0.5) is 0 Å². The van der Waals surface area contributed by atoms with Gasteiger partial charge in [-0.05, 0) is 38.4 Å². The lowest BCUT2D eigenvalue weighted by Gasteiger charge is -2.22. The summed E-state index contributed by atoms with van der Waals surface area (Å²) in [4.78, 5) is 1.20. The lowest BCUT2D eigenvalue weighted by Crippen LogP contribution is -2.42. The van der Waals surface area contributed by atoms with Gasteiger partial charge < -0.3 is 0 Å². The number of aryl methyl sites for hydroxylation is 1. The third-order valence-corrected chi connectivity index (χ3v) is 4.15. The van der Waals surface area contributed by atoms with Crippen LogP contribution in [0, 0.1) is 11.3 Å². The third kappa shape index (κ3) is 4.04. The number of nitrogens with zero attached hydrogens (tertiary/aromatic N) is 3. The van der Waals surface area contributed by atoms with Gasteiger partial charge in [0.25, 0.3) is 0 Å². The van der Waals surface area contributed by atoms with Crippen molar-refractivity contribution >= 4 is 11.8 Å². The summed E-state index contributed by atoms with van der Waals surface area (Å²) in [6.07, 6.45) is 8.31. The van der Waals surface area contributed by atoms with Gasteiger partial charge in [0.1, 0.15) is 5.54 Å². The van der Waals surface area contributed by atoms with E-state index >= 15 is 0 Å². The second-order valence-electron chi connectivity index (χ2n) is 5.16. The van der Waals surface area contributed by atoms with E-state index in [0.29, 0.717) is 6.04 Å². The van der Waals surface area contributed by atoms with Gasteiger partial charge in [0, 0.05) is 24.2 Å². The van der Waals surface area contributed by atoms with E-state index in [0.717, 1.165) is 18.6 Å². The van der Waals surface area contributed by atoms with Crippen LogP contribution in [0.1, 0.15) is 32.6 Å². The highest BCUT2D eigenvalue weighted by molar-refractivity contribution is 7.99. The number of nitriles is 1. The number of rotatable bonds is 7. The topological polar surface area (TPSA) is 53.6 Å². The van der Waals surface area contributed by atoms with Crippen LogP contribution < -0.4 is 5.32 Å². The first-order chi connectivity index (χ1) is 8.61. The van der Waals surface area contributed by atoms with Crippen molar-refractivity contribution in [1.29, 1.82) is 5.26 Å². The Hall–Kier alpha value is -0.990. The van der Waals surface area contributed by atoms with Crippen molar-refractivity contribution in [1.82, 2.24) is 15.1 Å². The first-order valence-corrected chi connectivity index (χ1v) is 7.40. The van der Waals surface area contributed by atoms with Gasteiger partial charge in [-0.25, -0.2) is 0 Å². The highest BCUT2D eigenvalue weighted by Crippen LogP contribution is 2.25. The van der Waals surface area contributed by atoms with E-state index in [2.05, 4.69) is 16.5 Å². The molecule has 5 heteroatoms. The lowest BCUT2D eigenvalue weighted by atomic mass is 9.98. The Morgan fingerprint density at radius 3 is 3.00 bits per heavy atom. The second-order valence-corrected chi connectivity index (χ2v) is 6.33. The average molecular weight is 264 g/mol. The van der Waals surface area contributed by atoms with Crippen molar-refractivity contribution in [2.24, 2.45) is 7.05 Å². The van der Waals surface area contributed by atoms with Crippen LogP contribution >= 0.6 is 11.8 Å². The summed E-state index contributed by atoms with van der Waals surface area (Å²) in [5.74, 6) is 1.04. The summed E-state index contributed by atoms with van der Waals surface area (Å²) in [5, 5.41) is 16.8. The maximum atomic E-state index is 9.25. The summed E-state index contributed by atoms with van der Waals surface area (Å²) >= 11 is 1.81. The van der Waals surface area contributed by atoms with Crippen LogP contribution in [0.25, 0.3) is 0 Å². The fraction of sp³-hybridized carbons (Fsp3) is 0.692. The van der Waals surface area contributed by atoms with E-state index in [9.17, 15) is 5.26 Å². The maximum Gasteiger partial charge on any atom is 0.104 e. The van der Waals surface area contributed by atoms with Crippen molar-refractivity contribution in [2.45, 2.75) is 49.1 Å². The van der Waals surface area contributed by atoms with Crippen molar-refractivity contribution in [2.75, 3.05) is 5.75 Å². The second kappa shape index (κ2) is 5.77. The Balaban J connectivity index is 1.68. The molecule has 98 valence electrons. The SMILES string of the molecule is Cn1cc(SCCCC(C)(C#N)NC2CC2)cn1. The van der Waals surface area contributed by atoms with Gasteiger partial charge in [-0.1, -0.05) is 0 Å². The molecule has 0 saturated heterocycles. The molecular weight excluding hydrogens is 244 g/mol. The zero-order chi connectivity index (χ0) is 13.0. The molecule has 1 atom stereocenters. The number of hydrogen-bond donors (Lipinski definition) is 1. The van der Waals surface area contributed by atoms with Crippen molar-refractivity contribution in [3.63, 3.8) is 0 Å². The molecule has 1 aromatic rings. The zero-order valence-electron chi connectivity index (χ0n) is 11.0. The molecule has 1 heterocycles. The summed E-state index contributed by atoms with van der Waals surface area (Å²) < 4.78 is 1.82. The summed E-state index contributed by atoms with van der Waals surface area (Å²) in [6, 6.07) is 3.00. The predicted octanol–water partition coefficient (Wildman–Crippen LogP) is 2.33. The van der Waals surface area contributed by atoms with Crippen LogP contribution in [-0.4, -0.2) is 27.1 Å². The van der Waals surface area contributed by atoms with Crippen LogP contribution in [0.15, 0.2) is 17.3 Å². The van der Waals surface area contributed by atoms with Gasteiger partial charge in [-0.3, -0.25) is 10.00 Å². The van der Waals surface area contributed by atoms with Crippen LogP contribution in [0.2, 0.25) is 0 Å². The van der Waals surface area contributed by atoms with Gasteiger partial charge in [0.15, 0.2) is 0 Å². The Morgan fingerprint density at radius 2 is 2.44 bits per heavy atom. The minimum Gasteiger partial charge on any atom is -0.297 e. The first-order valence-electron chi connectivity index (χ1n) is 6.42. The highest BCUT2D eigenvalue weighted by atomic mass is 32.2. The summed E-state index contributed by atoms with van der Waals surface area (Å²) in [6.45, 7) is 2.01. The molecule has 4 nitrogen and oxygen atoms in total. The molecule has 1 fully saturated rings. The third-order valence-electron chi connectivity index (χ3n) is 3.12. The van der Waals surface area contributed by atoms with Gasteiger partial charge in [-0.2, -0.15) is 10.4 Å². The number of hydrogen-bond acceptors (Lipinski definition) is 4. The van der Waals surface area contributed by atoms with Gasteiger partial charge in [0.05, 0.1) is 12.3 Å².